The third-order valence-electron chi connectivity index (χ3n) is 5.49. The minimum atomic E-state index is -0.599. The van der Waals surface area contributed by atoms with Crippen LogP contribution in [0.15, 0.2) is 41.4 Å². The van der Waals surface area contributed by atoms with Gasteiger partial charge >= 0.3 is 0 Å². The maximum atomic E-state index is 13.2. The summed E-state index contributed by atoms with van der Waals surface area (Å²) < 4.78 is 0. The Bertz CT molecular complexity index is 903. The standard InChI is InChI=1S/C22H25ClN4O2/c23-20-13-16-12-17(25-19(16)14-24-20)21(28)26-18(11-15-7-3-1-4-8-15)22(29)27-9-5-2-6-10-27/h1,3-4,7-8,12,14,18,20,25H,2,5-6,9-11,13H2,(H,26,28)/t18-,20?/m0/s1. The van der Waals surface area contributed by atoms with E-state index >= 15 is 0 Å². The lowest BCUT2D eigenvalue weighted by molar-refractivity contribution is -0.134. The van der Waals surface area contributed by atoms with Crippen molar-refractivity contribution in [3.8, 4) is 0 Å². The molecule has 2 aliphatic rings. The van der Waals surface area contributed by atoms with Crippen LogP contribution in [0.3, 0.4) is 0 Å². The van der Waals surface area contributed by atoms with Gasteiger partial charge in [0.05, 0.1) is 5.69 Å². The second kappa shape index (κ2) is 8.82. The third kappa shape index (κ3) is 4.70. The monoisotopic (exact) mass is 412 g/mol. The number of carbonyl (C=O) groups excluding carboxylic acids is 2. The molecule has 1 aromatic carbocycles. The van der Waals surface area contributed by atoms with Crippen LogP contribution < -0.4 is 5.32 Å². The molecular weight excluding hydrogens is 388 g/mol. The summed E-state index contributed by atoms with van der Waals surface area (Å²) in [6.07, 6.45) is 5.88. The van der Waals surface area contributed by atoms with Crippen molar-refractivity contribution < 1.29 is 9.59 Å². The molecule has 1 unspecified atom stereocenters. The number of aliphatic imine (C=N–C) groups is 1. The van der Waals surface area contributed by atoms with Gasteiger partial charge in [-0.1, -0.05) is 41.9 Å². The van der Waals surface area contributed by atoms with Gasteiger partial charge in [0.25, 0.3) is 5.91 Å². The lowest BCUT2D eigenvalue weighted by atomic mass is 10.0. The van der Waals surface area contributed by atoms with Crippen LogP contribution in [0.2, 0.25) is 0 Å². The lowest BCUT2D eigenvalue weighted by Gasteiger charge is -2.30. The number of aromatic amines is 1. The van der Waals surface area contributed by atoms with Gasteiger partial charge in [-0.25, -0.2) is 0 Å². The van der Waals surface area contributed by atoms with Crippen molar-refractivity contribution in [1.82, 2.24) is 15.2 Å². The van der Waals surface area contributed by atoms with Crippen molar-refractivity contribution in [2.75, 3.05) is 13.1 Å². The van der Waals surface area contributed by atoms with Crippen LogP contribution in [0.5, 0.6) is 0 Å². The van der Waals surface area contributed by atoms with Crippen LogP contribution in [0.4, 0.5) is 0 Å². The first-order valence-corrected chi connectivity index (χ1v) is 10.6. The average Bonchev–Trinajstić information content (AvgIpc) is 3.17. The Morgan fingerprint density at radius 1 is 1.21 bits per heavy atom. The van der Waals surface area contributed by atoms with Crippen LogP contribution in [0, 0.1) is 0 Å². The Morgan fingerprint density at radius 3 is 2.72 bits per heavy atom. The zero-order valence-corrected chi connectivity index (χ0v) is 17.0. The number of fused-ring (bicyclic) bond motifs is 1. The molecule has 2 aromatic rings. The molecule has 2 aliphatic heterocycles. The van der Waals surface area contributed by atoms with Crippen molar-refractivity contribution in [1.29, 1.82) is 0 Å². The topological polar surface area (TPSA) is 77.6 Å². The summed E-state index contributed by atoms with van der Waals surface area (Å²) in [5.41, 5.74) is 2.91. The van der Waals surface area contributed by atoms with Gasteiger partial charge in [-0.2, -0.15) is 0 Å². The molecule has 0 saturated carbocycles. The van der Waals surface area contributed by atoms with Gasteiger partial charge in [0.15, 0.2) is 0 Å². The normalized spacial score (nSPS) is 19.5. The highest BCUT2D eigenvalue weighted by Gasteiger charge is 2.28. The van der Waals surface area contributed by atoms with Gasteiger partial charge in [0.2, 0.25) is 5.91 Å². The number of piperidine rings is 1. The number of nitrogens with one attached hydrogen (secondary N) is 2. The summed E-state index contributed by atoms with van der Waals surface area (Å²) in [6, 6.07) is 11.0. The van der Waals surface area contributed by atoms with E-state index in [2.05, 4.69) is 15.3 Å². The fourth-order valence-corrected chi connectivity index (χ4v) is 4.15. The molecule has 0 spiro atoms. The number of hydrogen-bond acceptors (Lipinski definition) is 3. The van der Waals surface area contributed by atoms with Gasteiger partial charge < -0.3 is 15.2 Å². The molecule has 2 N–H and O–H groups in total. The highest BCUT2D eigenvalue weighted by Crippen LogP contribution is 2.20. The summed E-state index contributed by atoms with van der Waals surface area (Å²) in [5, 5.41) is 2.96. The SMILES string of the molecule is O=C(N[C@@H](Cc1ccccc1)C(=O)N1CCCCC1)c1cc2c([nH]1)C=NC(Cl)C2. The van der Waals surface area contributed by atoms with Crippen LogP contribution in [-0.2, 0) is 17.6 Å². The minimum Gasteiger partial charge on any atom is -0.350 e. The van der Waals surface area contributed by atoms with E-state index in [1.807, 2.05) is 35.2 Å². The van der Waals surface area contributed by atoms with E-state index < -0.39 is 6.04 Å². The zero-order chi connectivity index (χ0) is 20.2. The van der Waals surface area contributed by atoms with E-state index in [1.54, 1.807) is 12.3 Å². The number of likely N-dealkylation sites (tertiary alicyclic amines) is 1. The molecule has 1 saturated heterocycles. The molecule has 0 aliphatic carbocycles. The van der Waals surface area contributed by atoms with E-state index in [9.17, 15) is 9.59 Å². The van der Waals surface area contributed by atoms with Crippen LogP contribution in [-0.4, -0.2) is 52.5 Å². The van der Waals surface area contributed by atoms with Crippen LogP contribution >= 0.6 is 11.6 Å². The van der Waals surface area contributed by atoms with Crippen molar-refractivity contribution in [2.45, 2.75) is 43.6 Å². The maximum absolute atomic E-state index is 13.2. The van der Waals surface area contributed by atoms with E-state index in [1.165, 1.54) is 0 Å². The number of nitrogens with zero attached hydrogens (tertiary/aromatic N) is 2. The van der Waals surface area contributed by atoms with Gasteiger partial charge in [-0.05, 0) is 36.5 Å². The molecule has 1 aromatic heterocycles. The number of aromatic nitrogens is 1. The largest absolute Gasteiger partial charge is 0.350 e. The Balaban J connectivity index is 1.52. The molecule has 2 amide bonds. The average molecular weight is 413 g/mol. The molecule has 29 heavy (non-hydrogen) atoms. The molecule has 7 heteroatoms. The molecule has 4 rings (SSSR count). The van der Waals surface area contributed by atoms with Crippen LogP contribution in [0.1, 0.15) is 46.6 Å². The second-order valence-corrected chi connectivity index (χ2v) is 8.14. The number of hydrogen-bond donors (Lipinski definition) is 2. The predicted octanol–water partition coefficient (Wildman–Crippen LogP) is 2.91. The van der Waals surface area contributed by atoms with Gasteiger partial charge in [-0.3, -0.25) is 14.6 Å². The first kappa shape index (κ1) is 19.7. The molecular formula is C22H25ClN4O2. The molecule has 152 valence electrons. The fraction of sp³-hybridized carbons (Fsp3) is 0.409. The zero-order valence-electron chi connectivity index (χ0n) is 16.2. The number of amides is 2. The molecule has 1 fully saturated rings. The quantitative estimate of drug-likeness (QED) is 0.585. The smallest absolute Gasteiger partial charge is 0.268 e. The van der Waals surface area contributed by atoms with Crippen molar-refractivity contribution in [3.63, 3.8) is 0 Å². The van der Waals surface area contributed by atoms with E-state index in [-0.39, 0.29) is 17.3 Å². The molecule has 3 heterocycles. The number of carbonyl (C=O) groups is 2. The number of halogens is 1. The van der Waals surface area contributed by atoms with Crippen molar-refractivity contribution >= 4 is 29.6 Å². The Hall–Kier alpha value is -2.60. The van der Waals surface area contributed by atoms with Gasteiger partial charge in [0, 0.05) is 32.1 Å². The highest BCUT2D eigenvalue weighted by molar-refractivity contribution is 6.21. The maximum Gasteiger partial charge on any atom is 0.268 e. The van der Waals surface area contributed by atoms with E-state index in [4.69, 9.17) is 11.6 Å². The van der Waals surface area contributed by atoms with Crippen molar-refractivity contribution in [2.24, 2.45) is 4.99 Å². The predicted molar refractivity (Wildman–Crippen MR) is 114 cm³/mol. The van der Waals surface area contributed by atoms with Crippen LogP contribution in [0.25, 0.3) is 0 Å². The second-order valence-electron chi connectivity index (χ2n) is 7.64. The summed E-state index contributed by atoms with van der Waals surface area (Å²) >= 11 is 6.07. The van der Waals surface area contributed by atoms with E-state index in [0.717, 1.165) is 49.2 Å². The number of H-pyrrole nitrogens is 1. The first-order valence-electron chi connectivity index (χ1n) is 10.1. The number of rotatable bonds is 5. The third-order valence-corrected chi connectivity index (χ3v) is 5.75. The molecule has 6 nitrogen and oxygen atoms in total. The number of benzene rings is 1. The summed E-state index contributed by atoms with van der Waals surface area (Å²) in [6.45, 7) is 1.51. The van der Waals surface area contributed by atoms with E-state index in [0.29, 0.717) is 18.5 Å². The number of alkyl halides is 1. The highest BCUT2D eigenvalue weighted by atomic mass is 35.5. The Labute approximate surface area is 175 Å². The molecule has 2 atom stereocenters. The fourth-order valence-electron chi connectivity index (χ4n) is 3.93. The Kier molecular flexibility index (Phi) is 6.00. The summed E-state index contributed by atoms with van der Waals surface area (Å²) in [5.74, 6) is -0.300. The van der Waals surface area contributed by atoms with Crippen molar-refractivity contribution in [3.05, 3.63) is 58.9 Å². The first-order chi connectivity index (χ1) is 14.1. The summed E-state index contributed by atoms with van der Waals surface area (Å²) in [4.78, 5) is 35.3. The molecule has 0 radical (unpaired) electrons. The summed E-state index contributed by atoms with van der Waals surface area (Å²) in [7, 11) is 0. The lowest BCUT2D eigenvalue weighted by Crippen LogP contribution is -2.51. The molecule has 0 bridgehead atoms. The Morgan fingerprint density at radius 2 is 1.97 bits per heavy atom. The van der Waals surface area contributed by atoms with Gasteiger partial charge in [0.1, 0.15) is 17.2 Å². The minimum absolute atomic E-state index is 0.0133. The van der Waals surface area contributed by atoms with Gasteiger partial charge in [-0.15, -0.1) is 0 Å².